The van der Waals surface area contributed by atoms with Crippen molar-refractivity contribution in [1.82, 2.24) is 14.5 Å². The zero-order chi connectivity index (χ0) is 15.6. The lowest BCUT2D eigenvalue weighted by molar-refractivity contribution is -0.132. The number of fused-ring (bicyclic) bond motifs is 1. The Balaban J connectivity index is 1.42. The van der Waals surface area contributed by atoms with Gasteiger partial charge in [0.25, 0.3) is 0 Å². The molecule has 1 atom stereocenters. The Hall–Kier alpha value is -2.10. The van der Waals surface area contributed by atoms with E-state index in [0.29, 0.717) is 12.5 Å². The van der Waals surface area contributed by atoms with Gasteiger partial charge in [-0.15, -0.1) is 0 Å². The molecule has 120 valence electrons. The molecule has 1 aromatic carbocycles. The molecule has 4 nitrogen and oxygen atoms in total. The van der Waals surface area contributed by atoms with Gasteiger partial charge in [-0.1, -0.05) is 18.2 Å². The van der Waals surface area contributed by atoms with Crippen molar-refractivity contribution in [2.75, 3.05) is 13.1 Å². The highest BCUT2D eigenvalue weighted by Crippen LogP contribution is 2.24. The molecule has 1 aliphatic carbocycles. The van der Waals surface area contributed by atoms with E-state index in [1.165, 1.54) is 36.0 Å². The number of carbonyl (C=O) groups is 1. The summed E-state index contributed by atoms with van der Waals surface area (Å²) in [6.45, 7) is 1.69. The monoisotopic (exact) mass is 309 g/mol. The number of benzene rings is 1. The minimum atomic E-state index is 0.257. The fourth-order valence-corrected chi connectivity index (χ4v) is 3.93. The Morgan fingerprint density at radius 2 is 2.13 bits per heavy atom. The average Bonchev–Trinajstić information content (AvgIpc) is 3.26. The molecule has 0 bridgehead atoms. The Bertz CT molecular complexity index is 693. The predicted octanol–water partition coefficient (Wildman–Crippen LogP) is 2.78. The van der Waals surface area contributed by atoms with E-state index < -0.39 is 0 Å². The Morgan fingerprint density at radius 1 is 1.22 bits per heavy atom. The van der Waals surface area contributed by atoms with Crippen LogP contribution in [0.1, 0.15) is 42.0 Å². The molecule has 2 heterocycles. The van der Waals surface area contributed by atoms with Crippen LogP contribution in [-0.4, -0.2) is 33.4 Å². The van der Waals surface area contributed by atoms with Gasteiger partial charge in [-0.3, -0.25) is 4.79 Å². The highest BCUT2D eigenvalue weighted by atomic mass is 16.2. The smallest absolute Gasteiger partial charge is 0.227 e. The van der Waals surface area contributed by atoms with Crippen molar-refractivity contribution in [1.29, 1.82) is 0 Å². The number of imidazole rings is 1. The number of rotatable bonds is 3. The van der Waals surface area contributed by atoms with Crippen LogP contribution in [-0.2, 0) is 24.1 Å². The summed E-state index contributed by atoms with van der Waals surface area (Å²) in [5, 5.41) is 0. The summed E-state index contributed by atoms with van der Waals surface area (Å²) in [5.74, 6) is 0.257. The van der Waals surface area contributed by atoms with Gasteiger partial charge in [0, 0.05) is 25.5 Å². The van der Waals surface area contributed by atoms with Gasteiger partial charge in [-0.25, -0.2) is 4.98 Å². The van der Waals surface area contributed by atoms with Crippen LogP contribution in [0.2, 0.25) is 0 Å². The molecule has 1 aliphatic heterocycles. The van der Waals surface area contributed by atoms with E-state index in [9.17, 15) is 4.79 Å². The Labute approximate surface area is 137 Å². The molecule has 2 aliphatic rings. The van der Waals surface area contributed by atoms with Crippen molar-refractivity contribution in [2.24, 2.45) is 0 Å². The standard InChI is InChI=1S/C19H23N3O/c23-19(12-15-6-7-16-3-1-4-17(16)11-15)21-9-2-5-18(13-21)22-10-8-20-14-22/h6-8,10-11,14,18H,1-5,9,12-13H2. The maximum atomic E-state index is 12.7. The van der Waals surface area contributed by atoms with Gasteiger partial charge in [-0.05, 0) is 48.8 Å². The van der Waals surface area contributed by atoms with E-state index in [0.717, 1.165) is 25.9 Å². The van der Waals surface area contributed by atoms with E-state index in [-0.39, 0.29) is 5.91 Å². The Morgan fingerprint density at radius 3 is 3.00 bits per heavy atom. The lowest BCUT2D eigenvalue weighted by Gasteiger charge is -2.33. The lowest BCUT2D eigenvalue weighted by Crippen LogP contribution is -2.41. The number of aryl methyl sites for hydroxylation is 2. The van der Waals surface area contributed by atoms with Gasteiger partial charge >= 0.3 is 0 Å². The number of aromatic nitrogens is 2. The molecule has 4 heteroatoms. The van der Waals surface area contributed by atoms with Crippen LogP contribution < -0.4 is 0 Å². The molecule has 0 radical (unpaired) electrons. The first-order valence-corrected chi connectivity index (χ1v) is 8.65. The number of amides is 1. The third-order valence-electron chi connectivity index (χ3n) is 5.21. The number of hydrogen-bond donors (Lipinski definition) is 0. The minimum absolute atomic E-state index is 0.257. The number of piperidine rings is 1. The average molecular weight is 309 g/mol. The van der Waals surface area contributed by atoms with Crippen molar-refractivity contribution in [3.05, 3.63) is 53.6 Å². The minimum Gasteiger partial charge on any atom is -0.340 e. The van der Waals surface area contributed by atoms with E-state index >= 15 is 0 Å². The molecular weight excluding hydrogens is 286 g/mol. The summed E-state index contributed by atoms with van der Waals surface area (Å²) >= 11 is 0. The zero-order valence-electron chi connectivity index (χ0n) is 13.4. The van der Waals surface area contributed by atoms with Crippen molar-refractivity contribution in [2.45, 2.75) is 44.6 Å². The fraction of sp³-hybridized carbons (Fsp3) is 0.474. The van der Waals surface area contributed by atoms with Crippen LogP contribution >= 0.6 is 0 Å². The van der Waals surface area contributed by atoms with Crippen LogP contribution in [0.15, 0.2) is 36.9 Å². The first-order chi connectivity index (χ1) is 11.3. The highest BCUT2D eigenvalue weighted by Gasteiger charge is 2.24. The molecule has 1 amide bonds. The van der Waals surface area contributed by atoms with Crippen LogP contribution in [0.5, 0.6) is 0 Å². The summed E-state index contributed by atoms with van der Waals surface area (Å²) in [6.07, 6.45) is 12.0. The summed E-state index contributed by atoms with van der Waals surface area (Å²) < 4.78 is 2.13. The first-order valence-electron chi connectivity index (χ1n) is 8.65. The van der Waals surface area contributed by atoms with Gasteiger partial charge in [-0.2, -0.15) is 0 Å². The van der Waals surface area contributed by atoms with Crippen molar-refractivity contribution >= 4 is 5.91 Å². The van der Waals surface area contributed by atoms with Crippen molar-refractivity contribution < 1.29 is 4.79 Å². The van der Waals surface area contributed by atoms with Gasteiger partial charge in [0.15, 0.2) is 0 Å². The molecule has 1 saturated heterocycles. The van der Waals surface area contributed by atoms with E-state index in [2.05, 4.69) is 27.8 Å². The first kappa shape index (κ1) is 14.5. The number of likely N-dealkylation sites (tertiary alicyclic amines) is 1. The normalized spacial score (nSPS) is 20.5. The molecule has 2 aromatic rings. The fourth-order valence-electron chi connectivity index (χ4n) is 3.93. The molecule has 1 fully saturated rings. The number of hydrogen-bond acceptors (Lipinski definition) is 2. The van der Waals surface area contributed by atoms with E-state index in [1.54, 1.807) is 0 Å². The van der Waals surface area contributed by atoms with E-state index in [4.69, 9.17) is 0 Å². The summed E-state index contributed by atoms with van der Waals surface area (Å²) in [6, 6.07) is 6.97. The lowest BCUT2D eigenvalue weighted by atomic mass is 10.0. The molecular formula is C19H23N3O. The third-order valence-corrected chi connectivity index (χ3v) is 5.21. The quantitative estimate of drug-likeness (QED) is 0.874. The highest BCUT2D eigenvalue weighted by molar-refractivity contribution is 5.79. The molecule has 0 spiro atoms. The second-order valence-electron chi connectivity index (χ2n) is 6.78. The predicted molar refractivity (Wildman–Crippen MR) is 89.2 cm³/mol. The molecule has 23 heavy (non-hydrogen) atoms. The van der Waals surface area contributed by atoms with Gasteiger partial charge in [0.2, 0.25) is 5.91 Å². The van der Waals surface area contributed by atoms with Crippen LogP contribution in [0.3, 0.4) is 0 Å². The number of nitrogens with zero attached hydrogens (tertiary/aromatic N) is 3. The molecule has 1 unspecified atom stereocenters. The van der Waals surface area contributed by atoms with Gasteiger partial charge in [0.05, 0.1) is 18.8 Å². The maximum Gasteiger partial charge on any atom is 0.227 e. The largest absolute Gasteiger partial charge is 0.340 e. The molecule has 0 N–H and O–H groups in total. The SMILES string of the molecule is O=C(Cc1ccc2c(c1)CCC2)N1CCCC(n2ccnc2)C1. The third kappa shape index (κ3) is 3.03. The van der Waals surface area contributed by atoms with Crippen LogP contribution in [0.25, 0.3) is 0 Å². The second-order valence-corrected chi connectivity index (χ2v) is 6.78. The zero-order valence-corrected chi connectivity index (χ0v) is 13.4. The summed E-state index contributed by atoms with van der Waals surface area (Å²) in [5.41, 5.74) is 4.09. The van der Waals surface area contributed by atoms with Crippen molar-refractivity contribution in [3.63, 3.8) is 0 Å². The molecule has 4 rings (SSSR count). The van der Waals surface area contributed by atoms with Gasteiger partial charge in [0.1, 0.15) is 0 Å². The summed E-state index contributed by atoms with van der Waals surface area (Å²) in [7, 11) is 0. The van der Waals surface area contributed by atoms with Crippen LogP contribution in [0, 0.1) is 0 Å². The van der Waals surface area contributed by atoms with E-state index in [1.807, 2.05) is 23.6 Å². The number of carbonyl (C=O) groups excluding carboxylic acids is 1. The second kappa shape index (κ2) is 6.19. The van der Waals surface area contributed by atoms with Crippen LogP contribution in [0.4, 0.5) is 0 Å². The molecule has 1 aromatic heterocycles. The van der Waals surface area contributed by atoms with Crippen molar-refractivity contribution in [3.8, 4) is 0 Å². The maximum absolute atomic E-state index is 12.7. The topological polar surface area (TPSA) is 38.1 Å². The summed E-state index contributed by atoms with van der Waals surface area (Å²) in [4.78, 5) is 18.8. The van der Waals surface area contributed by atoms with Gasteiger partial charge < -0.3 is 9.47 Å². The molecule has 0 saturated carbocycles. The Kier molecular flexibility index (Phi) is 3.90.